The minimum absolute atomic E-state index is 0.0247. The molecule has 0 unspecified atom stereocenters. The van der Waals surface area contributed by atoms with E-state index < -0.39 is 16.0 Å². The van der Waals surface area contributed by atoms with E-state index in [1.54, 1.807) is 48.5 Å². The molecule has 2 aromatic carbocycles. The zero-order chi connectivity index (χ0) is 13.7. The van der Waals surface area contributed by atoms with Crippen LogP contribution in [0.1, 0.15) is 10.4 Å². The predicted molar refractivity (Wildman–Crippen MR) is 68.6 cm³/mol. The summed E-state index contributed by atoms with van der Waals surface area (Å²) in [5.74, 6) is -0.625. The van der Waals surface area contributed by atoms with Gasteiger partial charge in [-0.15, -0.1) is 4.28 Å². The van der Waals surface area contributed by atoms with E-state index in [4.69, 9.17) is 0 Å². The van der Waals surface area contributed by atoms with Gasteiger partial charge in [-0.25, -0.2) is 5.48 Å². The lowest BCUT2D eigenvalue weighted by Crippen LogP contribution is -2.27. The monoisotopic (exact) mass is 277 g/mol. The van der Waals surface area contributed by atoms with Crippen molar-refractivity contribution < 1.29 is 17.5 Å². The molecule has 0 aromatic heterocycles. The highest BCUT2D eigenvalue weighted by molar-refractivity contribution is 7.86. The van der Waals surface area contributed by atoms with Crippen molar-refractivity contribution in [2.45, 2.75) is 4.90 Å². The normalized spacial score (nSPS) is 10.9. The van der Waals surface area contributed by atoms with Crippen LogP contribution in [0.5, 0.6) is 0 Å². The van der Waals surface area contributed by atoms with Crippen molar-refractivity contribution in [2.75, 3.05) is 0 Å². The fourth-order valence-corrected chi connectivity index (χ4v) is 2.15. The van der Waals surface area contributed by atoms with Crippen LogP contribution in [0.15, 0.2) is 65.6 Å². The maximum atomic E-state index is 11.7. The third kappa shape index (κ3) is 3.40. The highest BCUT2D eigenvalue weighted by Gasteiger charge is 2.16. The SMILES string of the molecule is O=C(NOS(=O)(=O)c1ccccc1)c1ccccc1. The number of carbonyl (C=O) groups excluding carboxylic acids is 1. The van der Waals surface area contributed by atoms with Crippen LogP contribution >= 0.6 is 0 Å². The predicted octanol–water partition coefficient (Wildman–Crippen LogP) is 1.74. The molecule has 1 amide bonds. The minimum atomic E-state index is -4.00. The molecule has 0 atom stereocenters. The fourth-order valence-electron chi connectivity index (χ4n) is 1.38. The molecular formula is C13H11NO4S. The molecule has 5 nitrogen and oxygen atoms in total. The zero-order valence-corrected chi connectivity index (χ0v) is 10.6. The summed E-state index contributed by atoms with van der Waals surface area (Å²) in [4.78, 5) is 11.6. The van der Waals surface area contributed by atoms with Crippen LogP contribution in [-0.2, 0) is 14.4 Å². The molecule has 0 aliphatic carbocycles. The molecule has 0 aliphatic heterocycles. The van der Waals surface area contributed by atoms with Crippen molar-refractivity contribution >= 4 is 16.0 Å². The van der Waals surface area contributed by atoms with E-state index in [9.17, 15) is 13.2 Å². The highest BCUT2D eigenvalue weighted by Crippen LogP contribution is 2.10. The maximum absolute atomic E-state index is 11.7. The third-order valence-electron chi connectivity index (χ3n) is 2.31. The quantitative estimate of drug-likeness (QED) is 0.864. The summed E-state index contributed by atoms with van der Waals surface area (Å²) in [6.45, 7) is 0. The molecule has 2 aromatic rings. The van der Waals surface area contributed by atoms with Gasteiger partial charge in [-0.3, -0.25) is 4.79 Å². The van der Waals surface area contributed by atoms with Crippen molar-refractivity contribution in [3.63, 3.8) is 0 Å². The van der Waals surface area contributed by atoms with Gasteiger partial charge < -0.3 is 0 Å². The number of hydrogen-bond donors (Lipinski definition) is 1. The van der Waals surface area contributed by atoms with E-state index in [-0.39, 0.29) is 4.90 Å². The molecule has 0 spiro atoms. The smallest absolute Gasteiger partial charge is 0.267 e. The van der Waals surface area contributed by atoms with Crippen molar-refractivity contribution in [1.29, 1.82) is 0 Å². The van der Waals surface area contributed by atoms with E-state index in [1.807, 2.05) is 5.48 Å². The molecule has 6 heteroatoms. The van der Waals surface area contributed by atoms with Crippen LogP contribution < -0.4 is 5.48 Å². The number of benzene rings is 2. The van der Waals surface area contributed by atoms with Crippen LogP contribution in [0.25, 0.3) is 0 Å². The summed E-state index contributed by atoms with van der Waals surface area (Å²) in [5.41, 5.74) is 2.22. The molecule has 0 saturated carbocycles. The Morgan fingerprint density at radius 1 is 0.895 bits per heavy atom. The topological polar surface area (TPSA) is 72.5 Å². The largest absolute Gasteiger partial charge is 0.317 e. The van der Waals surface area contributed by atoms with Gasteiger partial charge in [0.05, 0.1) is 4.90 Å². The zero-order valence-electron chi connectivity index (χ0n) is 9.81. The summed E-state index contributed by atoms with van der Waals surface area (Å²) in [6.07, 6.45) is 0. The Labute approximate surface area is 110 Å². The van der Waals surface area contributed by atoms with Gasteiger partial charge in [-0.2, -0.15) is 8.42 Å². The molecule has 0 heterocycles. The first-order valence-electron chi connectivity index (χ1n) is 5.43. The minimum Gasteiger partial charge on any atom is -0.267 e. The van der Waals surface area contributed by atoms with E-state index >= 15 is 0 Å². The second-order valence-corrected chi connectivity index (χ2v) is 5.19. The van der Waals surface area contributed by atoms with Crippen molar-refractivity contribution in [3.05, 3.63) is 66.2 Å². The Balaban J connectivity index is 2.05. The summed E-state index contributed by atoms with van der Waals surface area (Å²) in [6, 6.07) is 15.8. The van der Waals surface area contributed by atoms with Crippen molar-refractivity contribution in [3.8, 4) is 0 Å². The van der Waals surface area contributed by atoms with Crippen molar-refractivity contribution in [2.24, 2.45) is 0 Å². The number of rotatable bonds is 4. The maximum Gasteiger partial charge on any atom is 0.317 e. The number of amides is 1. The summed E-state index contributed by atoms with van der Waals surface area (Å²) < 4.78 is 28.0. The number of hydroxylamine groups is 1. The van der Waals surface area contributed by atoms with E-state index in [2.05, 4.69) is 4.28 Å². The number of nitrogens with one attached hydrogen (secondary N) is 1. The molecule has 2 rings (SSSR count). The van der Waals surface area contributed by atoms with Gasteiger partial charge in [-0.1, -0.05) is 36.4 Å². The van der Waals surface area contributed by atoms with Crippen LogP contribution in [0.4, 0.5) is 0 Å². The van der Waals surface area contributed by atoms with Gasteiger partial charge in [0.25, 0.3) is 5.91 Å². The van der Waals surface area contributed by atoms with Gasteiger partial charge in [0.2, 0.25) is 0 Å². The van der Waals surface area contributed by atoms with Gasteiger partial charge >= 0.3 is 10.1 Å². The van der Waals surface area contributed by atoms with Gasteiger partial charge in [0, 0.05) is 5.56 Å². The lowest BCUT2D eigenvalue weighted by atomic mass is 10.2. The number of hydrogen-bond acceptors (Lipinski definition) is 4. The van der Waals surface area contributed by atoms with Crippen molar-refractivity contribution in [1.82, 2.24) is 5.48 Å². The fraction of sp³-hybridized carbons (Fsp3) is 0. The molecule has 1 N–H and O–H groups in total. The second-order valence-electron chi connectivity index (χ2n) is 3.65. The summed E-state index contributed by atoms with van der Waals surface area (Å²) in [5, 5.41) is 0. The molecule has 0 radical (unpaired) electrons. The summed E-state index contributed by atoms with van der Waals surface area (Å²) >= 11 is 0. The number of carbonyl (C=O) groups is 1. The van der Waals surface area contributed by atoms with Crippen LogP contribution in [0, 0.1) is 0 Å². The lowest BCUT2D eigenvalue weighted by Gasteiger charge is -2.06. The van der Waals surface area contributed by atoms with Gasteiger partial charge in [0.15, 0.2) is 0 Å². The Kier molecular flexibility index (Phi) is 3.94. The lowest BCUT2D eigenvalue weighted by molar-refractivity contribution is 0.0770. The first-order chi connectivity index (χ1) is 9.09. The summed E-state index contributed by atoms with van der Waals surface area (Å²) in [7, 11) is -4.00. The average Bonchev–Trinajstić information content (AvgIpc) is 2.47. The molecule has 0 fully saturated rings. The Hall–Kier alpha value is -2.18. The highest BCUT2D eigenvalue weighted by atomic mass is 32.2. The molecule has 98 valence electrons. The molecule has 0 bridgehead atoms. The van der Waals surface area contributed by atoms with Gasteiger partial charge in [0.1, 0.15) is 0 Å². The average molecular weight is 277 g/mol. The first-order valence-corrected chi connectivity index (χ1v) is 6.84. The third-order valence-corrected chi connectivity index (χ3v) is 3.46. The Morgan fingerprint density at radius 2 is 1.42 bits per heavy atom. The van der Waals surface area contributed by atoms with E-state index in [0.29, 0.717) is 5.56 Å². The standard InChI is InChI=1S/C13H11NO4S/c15-13(11-7-3-1-4-8-11)14-18-19(16,17)12-9-5-2-6-10-12/h1-10H,(H,14,15). The molecular weight excluding hydrogens is 266 g/mol. The first kappa shape index (κ1) is 13.3. The second kappa shape index (κ2) is 5.64. The van der Waals surface area contributed by atoms with Crippen LogP contribution in [0.2, 0.25) is 0 Å². The van der Waals surface area contributed by atoms with Crippen LogP contribution in [-0.4, -0.2) is 14.3 Å². The van der Waals surface area contributed by atoms with Gasteiger partial charge in [-0.05, 0) is 24.3 Å². The Bertz CT molecular complexity index is 654. The Morgan fingerprint density at radius 3 is 2.00 bits per heavy atom. The molecule has 19 heavy (non-hydrogen) atoms. The molecule has 0 aliphatic rings. The molecule has 0 saturated heterocycles. The van der Waals surface area contributed by atoms with Crippen LogP contribution in [0.3, 0.4) is 0 Å². The van der Waals surface area contributed by atoms with E-state index in [0.717, 1.165) is 0 Å². The van der Waals surface area contributed by atoms with E-state index in [1.165, 1.54) is 12.1 Å².